The highest BCUT2D eigenvalue weighted by molar-refractivity contribution is 6.35. The number of fused-ring (bicyclic) bond motifs is 1. The molecule has 0 spiro atoms. The number of carbonyl (C=O) groups excluding carboxylic acids is 1. The first-order chi connectivity index (χ1) is 11.0. The molecule has 0 aliphatic rings. The van der Waals surface area contributed by atoms with E-state index in [9.17, 15) is 4.79 Å². The fraction of sp³-hybridized carbons (Fsp3) is 0.0625. The number of hydrogen-bond donors (Lipinski definition) is 1. The summed E-state index contributed by atoms with van der Waals surface area (Å²) in [5, 5.41) is 8.00. The summed E-state index contributed by atoms with van der Waals surface area (Å²) >= 11 is 11.9. The zero-order chi connectivity index (χ0) is 16.4. The third-order valence-corrected chi connectivity index (χ3v) is 3.64. The highest BCUT2D eigenvalue weighted by Gasteiger charge is 2.03. The van der Waals surface area contributed by atoms with Gasteiger partial charge >= 0.3 is 0 Å². The molecular formula is C16H12Cl2N4O. The fourth-order valence-electron chi connectivity index (χ4n) is 2.05. The second-order valence-corrected chi connectivity index (χ2v) is 5.71. The average Bonchev–Trinajstić information content (AvgIpc) is 2.85. The lowest BCUT2D eigenvalue weighted by Gasteiger charge is -2.02. The summed E-state index contributed by atoms with van der Waals surface area (Å²) < 4.78 is 1.62. The van der Waals surface area contributed by atoms with E-state index >= 15 is 0 Å². The van der Waals surface area contributed by atoms with Gasteiger partial charge in [-0.15, -0.1) is 0 Å². The standard InChI is InChI=1S/C16H12Cl2N4O/c1-10-19-15-6-5-13(9-22(15)21-10)20-16(23)7-3-11-2-4-12(17)8-14(11)18/h2-9H,1H3,(H,20,23)/b7-3+. The molecule has 116 valence electrons. The molecule has 1 N–H and O–H groups in total. The summed E-state index contributed by atoms with van der Waals surface area (Å²) in [6.07, 6.45) is 4.74. The van der Waals surface area contributed by atoms with Crippen molar-refractivity contribution in [3.05, 3.63) is 64.0 Å². The number of aromatic nitrogens is 3. The molecule has 1 amide bonds. The number of rotatable bonds is 3. The Morgan fingerprint density at radius 1 is 1.26 bits per heavy atom. The highest BCUT2D eigenvalue weighted by Crippen LogP contribution is 2.22. The van der Waals surface area contributed by atoms with E-state index in [0.29, 0.717) is 27.1 Å². The molecule has 0 saturated carbocycles. The number of hydrogen-bond acceptors (Lipinski definition) is 3. The molecule has 2 heterocycles. The smallest absolute Gasteiger partial charge is 0.248 e. The lowest BCUT2D eigenvalue weighted by Crippen LogP contribution is -2.08. The molecule has 0 atom stereocenters. The second-order valence-electron chi connectivity index (χ2n) is 4.87. The van der Waals surface area contributed by atoms with Gasteiger partial charge in [-0.2, -0.15) is 5.10 Å². The van der Waals surface area contributed by atoms with Crippen LogP contribution in [0.15, 0.2) is 42.6 Å². The van der Waals surface area contributed by atoms with Crippen molar-refractivity contribution in [1.29, 1.82) is 0 Å². The van der Waals surface area contributed by atoms with Crippen LogP contribution in [0.2, 0.25) is 10.0 Å². The Kier molecular flexibility index (Phi) is 4.32. The van der Waals surface area contributed by atoms with Crippen LogP contribution in [-0.2, 0) is 4.79 Å². The summed E-state index contributed by atoms with van der Waals surface area (Å²) in [6.45, 7) is 1.81. The van der Waals surface area contributed by atoms with Crippen LogP contribution in [-0.4, -0.2) is 20.5 Å². The van der Waals surface area contributed by atoms with Crippen molar-refractivity contribution >= 4 is 46.5 Å². The third kappa shape index (κ3) is 3.70. The summed E-state index contributed by atoms with van der Waals surface area (Å²) in [7, 11) is 0. The topological polar surface area (TPSA) is 59.3 Å². The largest absolute Gasteiger partial charge is 0.321 e. The summed E-state index contributed by atoms with van der Waals surface area (Å²) in [4.78, 5) is 16.2. The van der Waals surface area contributed by atoms with Gasteiger partial charge in [-0.3, -0.25) is 4.79 Å². The molecule has 0 aliphatic heterocycles. The number of aryl methyl sites for hydroxylation is 1. The van der Waals surface area contributed by atoms with Crippen molar-refractivity contribution < 1.29 is 4.79 Å². The van der Waals surface area contributed by atoms with E-state index in [0.717, 1.165) is 5.65 Å². The average molecular weight is 347 g/mol. The Labute approximate surface area is 142 Å². The first-order valence-electron chi connectivity index (χ1n) is 6.78. The minimum Gasteiger partial charge on any atom is -0.321 e. The van der Waals surface area contributed by atoms with Gasteiger partial charge in [0.1, 0.15) is 5.82 Å². The predicted octanol–water partition coefficient (Wildman–Crippen LogP) is 4.00. The van der Waals surface area contributed by atoms with Gasteiger partial charge in [-0.05, 0) is 42.8 Å². The number of nitrogens with one attached hydrogen (secondary N) is 1. The Morgan fingerprint density at radius 3 is 2.87 bits per heavy atom. The van der Waals surface area contributed by atoms with Gasteiger partial charge in [0.25, 0.3) is 0 Å². The molecule has 3 aromatic rings. The van der Waals surface area contributed by atoms with Crippen LogP contribution < -0.4 is 5.32 Å². The molecule has 0 saturated heterocycles. The van der Waals surface area contributed by atoms with Crippen molar-refractivity contribution in [3.8, 4) is 0 Å². The van der Waals surface area contributed by atoms with E-state index < -0.39 is 0 Å². The van der Waals surface area contributed by atoms with Crippen molar-refractivity contribution in [2.75, 3.05) is 5.32 Å². The van der Waals surface area contributed by atoms with Crippen molar-refractivity contribution in [1.82, 2.24) is 14.6 Å². The number of halogens is 2. The maximum absolute atomic E-state index is 12.0. The van der Waals surface area contributed by atoms with Crippen molar-refractivity contribution in [3.63, 3.8) is 0 Å². The molecule has 2 aromatic heterocycles. The SMILES string of the molecule is Cc1nc2ccc(NC(=O)/C=C/c3ccc(Cl)cc3Cl)cn2n1. The maximum atomic E-state index is 12.0. The molecule has 5 nitrogen and oxygen atoms in total. The van der Waals surface area contributed by atoms with Crippen LogP contribution >= 0.6 is 23.2 Å². The molecule has 0 aliphatic carbocycles. The molecule has 0 bridgehead atoms. The van der Waals surface area contributed by atoms with E-state index in [4.69, 9.17) is 23.2 Å². The molecule has 1 aromatic carbocycles. The van der Waals surface area contributed by atoms with Gasteiger partial charge in [0.15, 0.2) is 5.65 Å². The van der Waals surface area contributed by atoms with Gasteiger partial charge in [0.2, 0.25) is 5.91 Å². The van der Waals surface area contributed by atoms with Crippen LogP contribution in [0.3, 0.4) is 0 Å². The van der Waals surface area contributed by atoms with Crippen molar-refractivity contribution in [2.24, 2.45) is 0 Å². The van der Waals surface area contributed by atoms with E-state index in [2.05, 4.69) is 15.4 Å². The summed E-state index contributed by atoms with van der Waals surface area (Å²) in [6, 6.07) is 8.65. The predicted molar refractivity (Wildman–Crippen MR) is 91.8 cm³/mol. The maximum Gasteiger partial charge on any atom is 0.248 e. The van der Waals surface area contributed by atoms with E-state index in [-0.39, 0.29) is 5.91 Å². The Balaban J connectivity index is 1.73. The molecule has 0 unspecified atom stereocenters. The third-order valence-electron chi connectivity index (χ3n) is 3.08. The van der Waals surface area contributed by atoms with Crippen LogP contribution in [0.1, 0.15) is 11.4 Å². The van der Waals surface area contributed by atoms with Gasteiger partial charge in [0.05, 0.1) is 11.9 Å². The minimum absolute atomic E-state index is 0.271. The Hall–Kier alpha value is -2.37. The lowest BCUT2D eigenvalue weighted by molar-refractivity contribution is -0.111. The van der Waals surface area contributed by atoms with Crippen LogP contribution in [0.5, 0.6) is 0 Å². The number of nitrogens with zero attached hydrogens (tertiary/aromatic N) is 3. The number of pyridine rings is 1. The summed E-state index contributed by atoms with van der Waals surface area (Å²) in [5.41, 5.74) is 2.07. The van der Waals surface area contributed by atoms with E-state index in [1.807, 2.05) is 6.92 Å². The fourth-order valence-corrected chi connectivity index (χ4v) is 2.53. The normalized spacial score (nSPS) is 11.3. The zero-order valence-corrected chi connectivity index (χ0v) is 13.6. The van der Waals surface area contributed by atoms with Gasteiger partial charge in [-0.25, -0.2) is 9.50 Å². The van der Waals surface area contributed by atoms with Crippen LogP contribution in [0.25, 0.3) is 11.7 Å². The number of amides is 1. The lowest BCUT2D eigenvalue weighted by atomic mass is 10.2. The van der Waals surface area contributed by atoms with Crippen LogP contribution in [0, 0.1) is 6.92 Å². The van der Waals surface area contributed by atoms with Crippen LogP contribution in [0.4, 0.5) is 5.69 Å². The van der Waals surface area contributed by atoms with E-state index in [1.165, 1.54) is 6.08 Å². The highest BCUT2D eigenvalue weighted by atomic mass is 35.5. The molecule has 23 heavy (non-hydrogen) atoms. The number of carbonyl (C=O) groups is 1. The monoisotopic (exact) mass is 346 g/mol. The Morgan fingerprint density at radius 2 is 2.09 bits per heavy atom. The number of benzene rings is 1. The molecule has 0 fully saturated rings. The van der Waals surface area contributed by atoms with Gasteiger partial charge in [-0.1, -0.05) is 29.3 Å². The summed E-state index contributed by atoms with van der Waals surface area (Å²) in [5.74, 6) is 0.401. The van der Waals surface area contributed by atoms with Gasteiger partial charge in [0, 0.05) is 16.1 Å². The molecular weight excluding hydrogens is 335 g/mol. The second kappa shape index (κ2) is 6.40. The van der Waals surface area contributed by atoms with Gasteiger partial charge < -0.3 is 5.32 Å². The Bertz CT molecular complexity index is 918. The quantitative estimate of drug-likeness (QED) is 0.729. The van der Waals surface area contributed by atoms with Crippen molar-refractivity contribution in [2.45, 2.75) is 6.92 Å². The first kappa shape index (κ1) is 15.5. The molecule has 0 radical (unpaired) electrons. The molecule has 3 rings (SSSR count). The first-order valence-corrected chi connectivity index (χ1v) is 7.54. The zero-order valence-electron chi connectivity index (χ0n) is 12.1. The molecule has 7 heteroatoms. The van der Waals surface area contributed by atoms with E-state index in [1.54, 1.807) is 47.1 Å². The number of anilines is 1. The minimum atomic E-state index is -0.271.